The molecule has 0 unspecified atom stereocenters. The lowest BCUT2D eigenvalue weighted by molar-refractivity contribution is 0.601. The highest BCUT2D eigenvalue weighted by atomic mass is 14.2. The van der Waals surface area contributed by atoms with Crippen molar-refractivity contribution in [2.75, 3.05) is 0 Å². The topological polar surface area (TPSA) is 0 Å². The molecule has 3 aromatic carbocycles. The molecule has 0 amide bonds. The summed E-state index contributed by atoms with van der Waals surface area (Å²) < 4.78 is 0. The lowest BCUT2D eigenvalue weighted by atomic mass is 9.80. The highest BCUT2D eigenvalue weighted by Gasteiger charge is 2.19. The summed E-state index contributed by atoms with van der Waals surface area (Å²) in [7, 11) is 0. The second-order valence-corrected chi connectivity index (χ2v) is 5.94. The third-order valence-corrected chi connectivity index (χ3v) is 3.52. The molecule has 90 valence electrons. The van der Waals surface area contributed by atoms with Gasteiger partial charge >= 0.3 is 0 Å². The molecule has 18 heavy (non-hydrogen) atoms. The first kappa shape index (κ1) is 11.3. The molecule has 0 heteroatoms. The smallest absolute Gasteiger partial charge is 0.0120 e. The van der Waals surface area contributed by atoms with Crippen LogP contribution in [0.1, 0.15) is 26.3 Å². The molecule has 0 heterocycles. The van der Waals surface area contributed by atoms with Crippen LogP contribution in [0, 0.1) is 0 Å². The Bertz CT molecular complexity index is 661. The second-order valence-electron chi connectivity index (χ2n) is 5.94. The van der Waals surface area contributed by atoms with Crippen molar-refractivity contribution in [2.24, 2.45) is 0 Å². The molecule has 0 saturated carbocycles. The van der Waals surface area contributed by atoms with Gasteiger partial charge in [-0.1, -0.05) is 69.3 Å². The minimum atomic E-state index is 0.153. The second kappa shape index (κ2) is 3.84. The van der Waals surface area contributed by atoms with E-state index in [0.717, 1.165) is 0 Å². The van der Waals surface area contributed by atoms with Crippen molar-refractivity contribution >= 4 is 21.5 Å². The van der Waals surface area contributed by atoms with Crippen LogP contribution in [-0.2, 0) is 5.41 Å². The number of benzene rings is 3. The Morgan fingerprint density at radius 1 is 0.667 bits per heavy atom. The van der Waals surface area contributed by atoms with Crippen LogP contribution in [0.2, 0.25) is 0 Å². The highest BCUT2D eigenvalue weighted by Crippen LogP contribution is 2.36. The lowest BCUT2D eigenvalue weighted by Crippen LogP contribution is -2.12. The number of hydrogen-bond acceptors (Lipinski definition) is 0. The number of hydrogen-bond donors (Lipinski definition) is 0. The van der Waals surface area contributed by atoms with Crippen molar-refractivity contribution in [3.8, 4) is 0 Å². The Morgan fingerprint density at radius 3 is 1.56 bits per heavy atom. The Labute approximate surface area is 108 Å². The lowest BCUT2D eigenvalue weighted by Gasteiger charge is -2.24. The molecule has 0 aliphatic carbocycles. The molecule has 0 bridgehead atoms. The maximum atomic E-state index is 2.29. The van der Waals surface area contributed by atoms with Gasteiger partial charge in [0.15, 0.2) is 0 Å². The summed E-state index contributed by atoms with van der Waals surface area (Å²) >= 11 is 0. The van der Waals surface area contributed by atoms with Gasteiger partial charge in [-0.25, -0.2) is 0 Å². The summed E-state index contributed by atoms with van der Waals surface area (Å²) in [5, 5.41) is 5.43. The van der Waals surface area contributed by atoms with Crippen LogP contribution in [0.4, 0.5) is 0 Å². The first-order valence-corrected chi connectivity index (χ1v) is 6.48. The van der Waals surface area contributed by atoms with E-state index in [2.05, 4.69) is 75.4 Å². The Morgan fingerprint density at radius 2 is 1.11 bits per heavy atom. The normalized spacial score (nSPS) is 12.2. The molecule has 0 aliphatic rings. The zero-order chi connectivity index (χ0) is 12.8. The molecule has 0 nitrogen and oxygen atoms in total. The largest absolute Gasteiger partial charge is 0.0616 e. The van der Waals surface area contributed by atoms with Gasteiger partial charge in [0.1, 0.15) is 0 Å². The quantitative estimate of drug-likeness (QED) is 0.463. The monoisotopic (exact) mass is 234 g/mol. The van der Waals surface area contributed by atoms with Gasteiger partial charge in [0.05, 0.1) is 0 Å². The van der Waals surface area contributed by atoms with E-state index in [9.17, 15) is 0 Å². The Hall–Kier alpha value is -1.82. The molecule has 3 rings (SSSR count). The minimum absolute atomic E-state index is 0.153. The van der Waals surface area contributed by atoms with Gasteiger partial charge in [0.25, 0.3) is 0 Å². The van der Waals surface area contributed by atoms with Crippen molar-refractivity contribution in [3.05, 3.63) is 60.2 Å². The van der Waals surface area contributed by atoms with Crippen LogP contribution in [0.15, 0.2) is 54.6 Å². The van der Waals surface area contributed by atoms with Crippen molar-refractivity contribution < 1.29 is 0 Å². The molecule has 0 aromatic heterocycles. The molecular weight excluding hydrogens is 216 g/mol. The van der Waals surface area contributed by atoms with Gasteiger partial charge in [0, 0.05) is 0 Å². The summed E-state index contributed by atoms with van der Waals surface area (Å²) in [6, 6.07) is 19.7. The van der Waals surface area contributed by atoms with Crippen LogP contribution in [0.3, 0.4) is 0 Å². The maximum Gasteiger partial charge on any atom is -0.0120 e. The predicted octanol–water partition coefficient (Wildman–Crippen LogP) is 5.29. The molecular formula is C18H18. The van der Waals surface area contributed by atoms with E-state index < -0.39 is 0 Å². The Balaban J connectivity index is 2.58. The fourth-order valence-corrected chi connectivity index (χ4v) is 2.82. The molecule has 0 fully saturated rings. The average Bonchev–Trinajstić information content (AvgIpc) is 2.34. The highest BCUT2D eigenvalue weighted by molar-refractivity contribution is 6.03. The van der Waals surface area contributed by atoms with Gasteiger partial charge in [-0.05, 0) is 38.6 Å². The fraction of sp³-hybridized carbons (Fsp3) is 0.222. The molecule has 0 aliphatic heterocycles. The van der Waals surface area contributed by atoms with Crippen LogP contribution in [0.25, 0.3) is 21.5 Å². The minimum Gasteiger partial charge on any atom is -0.0616 e. The van der Waals surface area contributed by atoms with Gasteiger partial charge in [-0.15, -0.1) is 0 Å². The summed E-state index contributed by atoms with van der Waals surface area (Å²) in [5.41, 5.74) is 1.61. The van der Waals surface area contributed by atoms with Crippen LogP contribution in [-0.4, -0.2) is 0 Å². The van der Waals surface area contributed by atoms with Crippen LogP contribution < -0.4 is 0 Å². The molecule has 0 radical (unpaired) electrons. The van der Waals surface area contributed by atoms with E-state index in [-0.39, 0.29) is 5.41 Å². The molecule has 3 aromatic rings. The molecule has 0 spiro atoms. The van der Waals surface area contributed by atoms with Crippen molar-refractivity contribution in [1.82, 2.24) is 0 Å². The standard InChI is InChI=1S/C18H18/c1-18(2,3)17-15-10-6-4-8-13(15)12-14-9-5-7-11-16(14)17/h4-12H,1-3H3. The Kier molecular flexibility index (Phi) is 2.41. The summed E-state index contributed by atoms with van der Waals surface area (Å²) in [4.78, 5) is 0. The molecule has 0 saturated heterocycles. The van der Waals surface area contributed by atoms with Gasteiger partial charge < -0.3 is 0 Å². The van der Waals surface area contributed by atoms with E-state index >= 15 is 0 Å². The first-order chi connectivity index (χ1) is 8.57. The third-order valence-electron chi connectivity index (χ3n) is 3.52. The SMILES string of the molecule is CC(C)(C)c1c2ccccc2cc2ccccc12. The fourth-order valence-electron chi connectivity index (χ4n) is 2.82. The zero-order valence-electron chi connectivity index (χ0n) is 11.2. The number of fused-ring (bicyclic) bond motifs is 2. The summed E-state index contributed by atoms with van der Waals surface area (Å²) in [5.74, 6) is 0. The summed E-state index contributed by atoms with van der Waals surface area (Å²) in [6.07, 6.45) is 0. The van der Waals surface area contributed by atoms with Crippen molar-refractivity contribution in [2.45, 2.75) is 26.2 Å². The van der Waals surface area contributed by atoms with Crippen LogP contribution in [0.5, 0.6) is 0 Å². The average molecular weight is 234 g/mol. The summed E-state index contributed by atoms with van der Waals surface area (Å²) in [6.45, 7) is 6.88. The number of rotatable bonds is 0. The van der Waals surface area contributed by atoms with Crippen molar-refractivity contribution in [1.29, 1.82) is 0 Å². The van der Waals surface area contributed by atoms with Gasteiger partial charge in [-0.2, -0.15) is 0 Å². The predicted molar refractivity (Wildman–Crippen MR) is 80.2 cm³/mol. The van der Waals surface area contributed by atoms with E-state index in [1.807, 2.05) is 0 Å². The van der Waals surface area contributed by atoms with E-state index in [4.69, 9.17) is 0 Å². The van der Waals surface area contributed by atoms with Gasteiger partial charge in [0.2, 0.25) is 0 Å². The maximum absolute atomic E-state index is 2.29. The van der Waals surface area contributed by atoms with Gasteiger partial charge in [-0.3, -0.25) is 0 Å². The van der Waals surface area contributed by atoms with Crippen molar-refractivity contribution in [3.63, 3.8) is 0 Å². The molecule has 0 N–H and O–H groups in total. The third kappa shape index (κ3) is 1.69. The van der Waals surface area contributed by atoms with E-state index in [1.54, 1.807) is 0 Å². The zero-order valence-corrected chi connectivity index (χ0v) is 11.2. The van der Waals surface area contributed by atoms with Crippen LogP contribution >= 0.6 is 0 Å². The van der Waals surface area contributed by atoms with E-state index in [1.165, 1.54) is 27.1 Å². The van der Waals surface area contributed by atoms with E-state index in [0.29, 0.717) is 0 Å². The first-order valence-electron chi connectivity index (χ1n) is 6.48. The molecule has 0 atom stereocenters.